The van der Waals surface area contributed by atoms with E-state index in [-0.39, 0.29) is 12.1 Å². The van der Waals surface area contributed by atoms with Crippen molar-refractivity contribution in [1.29, 1.82) is 0 Å². The van der Waals surface area contributed by atoms with Crippen molar-refractivity contribution in [2.24, 2.45) is 0 Å². The molecular formula is C27H33ClN2O3. The molecule has 0 fully saturated rings. The Hall–Kier alpha value is -2.66. The predicted molar refractivity (Wildman–Crippen MR) is 133 cm³/mol. The third kappa shape index (κ3) is 5.30. The number of rotatable bonds is 9. The zero-order valence-corrected chi connectivity index (χ0v) is 20.3. The lowest BCUT2D eigenvalue weighted by Gasteiger charge is -2.35. The summed E-state index contributed by atoms with van der Waals surface area (Å²) in [6.07, 6.45) is 6.54. The van der Waals surface area contributed by atoms with Gasteiger partial charge in [0, 0.05) is 28.2 Å². The predicted octanol–water partition coefficient (Wildman–Crippen LogP) is 7.27. The second-order valence-electron chi connectivity index (χ2n) is 8.58. The fraction of sp³-hybridized carbons (Fsp3) is 0.444. The van der Waals surface area contributed by atoms with E-state index in [4.69, 9.17) is 21.1 Å². The second kappa shape index (κ2) is 11.0. The van der Waals surface area contributed by atoms with E-state index in [0.717, 1.165) is 47.4 Å². The highest BCUT2D eigenvalue weighted by Gasteiger charge is 2.35. The van der Waals surface area contributed by atoms with E-state index in [1.807, 2.05) is 42.2 Å². The van der Waals surface area contributed by atoms with Crippen molar-refractivity contribution < 1.29 is 14.3 Å². The molecule has 5 nitrogen and oxygen atoms in total. The van der Waals surface area contributed by atoms with Gasteiger partial charge >= 0.3 is 6.09 Å². The molecule has 33 heavy (non-hydrogen) atoms. The Balaban J connectivity index is 1.58. The Kier molecular flexibility index (Phi) is 7.81. The standard InChI is InChI=1S/C27H33ClN2O3/c1-3-5-6-7-8-17-33-21-12-9-19(10-13-21)26-25-22(15-16-30(26)27(31)32-4-2)23-18-20(28)11-14-24(23)29-25/h9-14,18,26,29H,3-8,15-17H2,1-2H3. The number of ether oxygens (including phenoxy) is 2. The minimum absolute atomic E-state index is 0.248. The van der Waals surface area contributed by atoms with Crippen LogP contribution in [0.5, 0.6) is 5.75 Å². The van der Waals surface area contributed by atoms with E-state index in [9.17, 15) is 4.79 Å². The average molecular weight is 469 g/mol. The van der Waals surface area contributed by atoms with Crippen molar-refractivity contribution in [1.82, 2.24) is 9.88 Å². The van der Waals surface area contributed by atoms with Crippen LogP contribution in [0, 0.1) is 0 Å². The molecule has 3 aromatic rings. The number of H-pyrrole nitrogens is 1. The molecule has 0 aliphatic carbocycles. The van der Waals surface area contributed by atoms with Crippen LogP contribution in [0.1, 0.15) is 68.8 Å². The van der Waals surface area contributed by atoms with Gasteiger partial charge < -0.3 is 14.5 Å². The van der Waals surface area contributed by atoms with E-state index in [1.54, 1.807) is 0 Å². The van der Waals surface area contributed by atoms with Gasteiger partial charge in [0.05, 0.1) is 13.2 Å². The summed E-state index contributed by atoms with van der Waals surface area (Å²) in [5.41, 5.74) is 4.29. The highest BCUT2D eigenvalue weighted by Crippen LogP contribution is 2.39. The van der Waals surface area contributed by atoms with Gasteiger partial charge in [-0.15, -0.1) is 0 Å². The minimum atomic E-state index is -0.294. The van der Waals surface area contributed by atoms with E-state index < -0.39 is 0 Å². The Morgan fingerprint density at radius 2 is 1.88 bits per heavy atom. The number of nitrogens with zero attached hydrogens (tertiary/aromatic N) is 1. The zero-order valence-electron chi connectivity index (χ0n) is 19.5. The third-order valence-electron chi connectivity index (χ3n) is 6.30. The van der Waals surface area contributed by atoms with Gasteiger partial charge in [0.25, 0.3) is 0 Å². The van der Waals surface area contributed by atoms with E-state index >= 15 is 0 Å². The zero-order chi connectivity index (χ0) is 23.2. The van der Waals surface area contributed by atoms with Crippen molar-refractivity contribution >= 4 is 28.6 Å². The number of amides is 1. The maximum Gasteiger partial charge on any atom is 0.410 e. The quantitative estimate of drug-likeness (QED) is 0.336. The summed E-state index contributed by atoms with van der Waals surface area (Å²) in [7, 11) is 0. The first kappa shape index (κ1) is 23.5. The summed E-state index contributed by atoms with van der Waals surface area (Å²) >= 11 is 6.27. The Morgan fingerprint density at radius 3 is 2.64 bits per heavy atom. The molecule has 1 N–H and O–H groups in total. The van der Waals surface area contributed by atoms with Gasteiger partial charge in [-0.3, -0.25) is 4.90 Å². The summed E-state index contributed by atoms with van der Waals surface area (Å²) in [6.45, 7) is 5.73. The molecule has 6 heteroatoms. The first-order valence-corrected chi connectivity index (χ1v) is 12.5. The number of halogens is 1. The third-order valence-corrected chi connectivity index (χ3v) is 6.54. The van der Waals surface area contributed by atoms with Gasteiger partial charge in [-0.2, -0.15) is 0 Å². The molecule has 1 aliphatic rings. The number of carbonyl (C=O) groups excluding carboxylic acids is 1. The summed E-state index contributed by atoms with van der Waals surface area (Å²) < 4.78 is 11.3. The molecule has 1 unspecified atom stereocenters. The molecule has 1 aliphatic heterocycles. The van der Waals surface area contributed by atoms with Crippen LogP contribution in [0.15, 0.2) is 42.5 Å². The molecule has 4 rings (SSSR count). The lowest BCUT2D eigenvalue weighted by Crippen LogP contribution is -2.40. The van der Waals surface area contributed by atoms with Crippen molar-refractivity contribution in [3.63, 3.8) is 0 Å². The fourth-order valence-corrected chi connectivity index (χ4v) is 4.82. The van der Waals surface area contributed by atoms with Crippen molar-refractivity contribution in [2.75, 3.05) is 19.8 Å². The Bertz CT molecular complexity index is 1080. The average Bonchev–Trinajstić information content (AvgIpc) is 3.19. The highest BCUT2D eigenvalue weighted by atomic mass is 35.5. The number of aromatic nitrogens is 1. The number of hydrogen-bond donors (Lipinski definition) is 1. The SMILES string of the molecule is CCCCCCCOc1ccc(C2c3[nH]c4ccc(Cl)cc4c3CCN2C(=O)OCC)cc1. The smallest absolute Gasteiger partial charge is 0.410 e. The molecule has 1 amide bonds. The molecule has 0 saturated carbocycles. The van der Waals surface area contributed by atoms with Crippen LogP contribution in [0.3, 0.4) is 0 Å². The van der Waals surface area contributed by atoms with E-state index in [1.165, 1.54) is 31.2 Å². The maximum atomic E-state index is 12.8. The number of fused-ring (bicyclic) bond motifs is 3. The first-order valence-electron chi connectivity index (χ1n) is 12.1. The van der Waals surface area contributed by atoms with E-state index in [2.05, 4.69) is 24.0 Å². The van der Waals surface area contributed by atoms with Crippen LogP contribution >= 0.6 is 11.6 Å². The van der Waals surface area contributed by atoms with Gasteiger partial charge in [0.15, 0.2) is 0 Å². The molecule has 1 aromatic heterocycles. The number of benzene rings is 2. The van der Waals surface area contributed by atoms with Gasteiger partial charge in [-0.1, -0.05) is 56.3 Å². The van der Waals surface area contributed by atoms with Gasteiger partial charge in [-0.25, -0.2) is 4.79 Å². The maximum absolute atomic E-state index is 12.8. The van der Waals surface area contributed by atoms with Gasteiger partial charge in [0.1, 0.15) is 11.8 Å². The van der Waals surface area contributed by atoms with Crippen molar-refractivity contribution in [2.45, 2.75) is 58.4 Å². The molecule has 176 valence electrons. The number of carbonyl (C=O) groups is 1. The first-order chi connectivity index (χ1) is 16.1. The van der Waals surface area contributed by atoms with Crippen LogP contribution < -0.4 is 4.74 Å². The van der Waals surface area contributed by atoms with Gasteiger partial charge in [-0.05, 0) is 61.2 Å². The molecule has 0 bridgehead atoms. The largest absolute Gasteiger partial charge is 0.494 e. The fourth-order valence-electron chi connectivity index (χ4n) is 4.65. The van der Waals surface area contributed by atoms with E-state index in [0.29, 0.717) is 18.2 Å². The van der Waals surface area contributed by atoms with Crippen LogP contribution in [0.2, 0.25) is 5.02 Å². The van der Waals surface area contributed by atoms with Crippen LogP contribution in [-0.2, 0) is 11.2 Å². The van der Waals surface area contributed by atoms with Crippen molar-refractivity contribution in [3.8, 4) is 5.75 Å². The molecule has 1 atom stereocenters. The molecule has 2 aromatic carbocycles. The molecular weight excluding hydrogens is 436 g/mol. The van der Waals surface area contributed by atoms with Gasteiger partial charge in [0.2, 0.25) is 0 Å². The number of aromatic amines is 1. The summed E-state index contributed by atoms with van der Waals surface area (Å²) in [5.74, 6) is 0.858. The van der Waals surface area contributed by atoms with Crippen molar-refractivity contribution in [3.05, 3.63) is 64.3 Å². The summed E-state index contributed by atoms with van der Waals surface area (Å²) in [4.78, 5) is 18.2. The molecule has 2 heterocycles. The summed E-state index contributed by atoms with van der Waals surface area (Å²) in [6, 6.07) is 13.7. The monoisotopic (exact) mass is 468 g/mol. The molecule has 0 spiro atoms. The molecule has 0 saturated heterocycles. The minimum Gasteiger partial charge on any atom is -0.494 e. The summed E-state index contributed by atoms with van der Waals surface area (Å²) in [5, 5.41) is 1.83. The lowest BCUT2D eigenvalue weighted by atomic mass is 9.92. The Morgan fingerprint density at radius 1 is 1.09 bits per heavy atom. The van der Waals surface area contributed by atoms with Crippen LogP contribution in [0.25, 0.3) is 10.9 Å². The van der Waals surface area contributed by atoms with Crippen LogP contribution in [-0.4, -0.2) is 35.7 Å². The Labute approximate surface area is 201 Å². The number of nitrogens with one attached hydrogen (secondary N) is 1. The highest BCUT2D eigenvalue weighted by molar-refractivity contribution is 6.31. The topological polar surface area (TPSA) is 54.6 Å². The number of hydrogen-bond acceptors (Lipinski definition) is 3. The molecule has 0 radical (unpaired) electrons. The van der Waals surface area contributed by atoms with Crippen LogP contribution in [0.4, 0.5) is 4.79 Å². The second-order valence-corrected chi connectivity index (χ2v) is 9.02. The normalized spacial score (nSPS) is 15.5. The lowest BCUT2D eigenvalue weighted by molar-refractivity contribution is 0.0932. The number of unbranched alkanes of at least 4 members (excludes halogenated alkanes) is 4.